The van der Waals surface area contributed by atoms with Gasteiger partial charge in [0.25, 0.3) is 0 Å². The molecule has 2 rings (SSSR count). The third kappa shape index (κ3) is 5.07. The first-order valence-corrected chi connectivity index (χ1v) is 7.00. The van der Waals surface area contributed by atoms with Crippen molar-refractivity contribution in [1.29, 1.82) is 0 Å². The van der Waals surface area contributed by atoms with E-state index in [9.17, 15) is 14.4 Å². The Kier molecular flexibility index (Phi) is 5.27. The molecule has 0 unspecified atom stereocenters. The van der Waals surface area contributed by atoms with Crippen LogP contribution in [-0.4, -0.2) is 80.6 Å². The fraction of sp³-hybridized carbons (Fsp3) is 0.769. The van der Waals surface area contributed by atoms with E-state index in [1.807, 2.05) is 4.90 Å². The number of hydrogen-bond acceptors (Lipinski definition) is 6. The maximum absolute atomic E-state index is 11.7. The minimum atomic E-state index is -0.729. The molecule has 0 aromatic carbocycles. The molecule has 0 spiro atoms. The highest BCUT2D eigenvalue weighted by Gasteiger charge is 2.46. The van der Waals surface area contributed by atoms with Crippen LogP contribution in [0.5, 0.6) is 0 Å². The maximum Gasteiger partial charge on any atom is 0.239 e. The highest BCUT2D eigenvalue weighted by molar-refractivity contribution is 5.94. The number of nitrogens with one attached hydrogen (secondary N) is 2. The van der Waals surface area contributed by atoms with Gasteiger partial charge in [0.05, 0.1) is 39.5 Å². The van der Waals surface area contributed by atoms with Crippen LogP contribution in [0.2, 0.25) is 0 Å². The molecule has 2 aliphatic rings. The zero-order chi connectivity index (χ0) is 15.3. The molecule has 2 saturated heterocycles. The molecule has 8 nitrogen and oxygen atoms in total. The fourth-order valence-corrected chi connectivity index (χ4v) is 1.89. The van der Waals surface area contributed by atoms with E-state index >= 15 is 0 Å². The molecule has 2 aliphatic heterocycles. The van der Waals surface area contributed by atoms with Gasteiger partial charge in [-0.15, -0.1) is 0 Å². The summed E-state index contributed by atoms with van der Waals surface area (Å²) in [5.41, 5.74) is -0.729. The standard InChI is InChI=1S/C13H21N3O5/c1-13(9-21-13)10(17)6-14-11(18)7-15-12(19)8-16-2-4-20-5-3-16/h2-9H2,1H3,(H,14,18)(H,15,19)/t13-/m1/s1. The zero-order valence-electron chi connectivity index (χ0n) is 12.1. The largest absolute Gasteiger partial charge is 0.379 e. The van der Waals surface area contributed by atoms with Gasteiger partial charge < -0.3 is 20.1 Å². The van der Waals surface area contributed by atoms with Gasteiger partial charge in [0, 0.05) is 13.1 Å². The van der Waals surface area contributed by atoms with Gasteiger partial charge in [0.1, 0.15) is 5.60 Å². The van der Waals surface area contributed by atoms with Crippen LogP contribution in [0.25, 0.3) is 0 Å². The van der Waals surface area contributed by atoms with Gasteiger partial charge in [-0.3, -0.25) is 19.3 Å². The number of morpholine rings is 1. The van der Waals surface area contributed by atoms with Gasteiger partial charge >= 0.3 is 0 Å². The van der Waals surface area contributed by atoms with Crippen molar-refractivity contribution in [3.63, 3.8) is 0 Å². The molecule has 1 atom stereocenters. The third-order valence-corrected chi connectivity index (χ3v) is 3.53. The van der Waals surface area contributed by atoms with Gasteiger partial charge in [-0.25, -0.2) is 0 Å². The average molecular weight is 299 g/mol. The second-order valence-electron chi connectivity index (χ2n) is 5.38. The first-order chi connectivity index (χ1) is 9.99. The van der Waals surface area contributed by atoms with Gasteiger partial charge in [0.15, 0.2) is 5.78 Å². The molecule has 2 heterocycles. The van der Waals surface area contributed by atoms with E-state index in [0.717, 1.165) is 0 Å². The summed E-state index contributed by atoms with van der Waals surface area (Å²) in [5.74, 6) is -0.755. The molecule has 0 bridgehead atoms. The van der Waals surface area contributed by atoms with E-state index in [-0.39, 0.29) is 37.2 Å². The molecule has 0 radical (unpaired) electrons. The minimum Gasteiger partial charge on any atom is -0.379 e. The van der Waals surface area contributed by atoms with Crippen molar-refractivity contribution < 1.29 is 23.9 Å². The smallest absolute Gasteiger partial charge is 0.239 e. The van der Waals surface area contributed by atoms with E-state index < -0.39 is 5.60 Å². The SMILES string of the molecule is C[C@]1(C(=O)CNC(=O)CNC(=O)CN2CCOCC2)CO1. The van der Waals surface area contributed by atoms with Crippen molar-refractivity contribution in [3.05, 3.63) is 0 Å². The lowest BCUT2D eigenvalue weighted by Gasteiger charge is -2.25. The Balaban J connectivity index is 1.57. The first kappa shape index (κ1) is 15.9. The van der Waals surface area contributed by atoms with Crippen LogP contribution in [0.15, 0.2) is 0 Å². The zero-order valence-corrected chi connectivity index (χ0v) is 12.1. The summed E-state index contributed by atoms with van der Waals surface area (Å²) in [5, 5.41) is 5.00. The first-order valence-electron chi connectivity index (χ1n) is 7.00. The Morgan fingerprint density at radius 3 is 2.33 bits per heavy atom. The molecular weight excluding hydrogens is 278 g/mol. The molecule has 21 heavy (non-hydrogen) atoms. The van der Waals surface area contributed by atoms with E-state index in [1.165, 1.54) is 0 Å². The molecule has 2 fully saturated rings. The van der Waals surface area contributed by atoms with Crippen molar-refractivity contribution in [2.45, 2.75) is 12.5 Å². The topological polar surface area (TPSA) is 100 Å². The molecule has 0 aromatic rings. The van der Waals surface area contributed by atoms with E-state index in [0.29, 0.717) is 32.9 Å². The number of amides is 2. The number of ketones is 1. The number of Topliss-reactive ketones (excluding diaryl/α,β-unsaturated/α-hetero) is 1. The number of carbonyl (C=O) groups excluding carboxylic acids is 3. The number of carbonyl (C=O) groups is 3. The lowest BCUT2D eigenvalue weighted by Crippen LogP contribution is -2.46. The second kappa shape index (κ2) is 6.97. The third-order valence-electron chi connectivity index (χ3n) is 3.53. The summed E-state index contributed by atoms with van der Waals surface area (Å²) in [4.78, 5) is 36.8. The fourth-order valence-electron chi connectivity index (χ4n) is 1.89. The normalized spacial score (nSPS) is 25.2. The van der Waals surface area contributed by atoms with Crippen molar-refractivity contribution in [2.75, 3.05) is 52.5 Å². The summed E-state index contributed by atoms with van der Waals surface area (Å²) in [7, 11) is 0. The molecule has 118 valence electrons. The highest BCUT2D eigenvalue weighted by Crippen LogP contribution is 2.26. The number of nitrogens with zero attached hydrogens (tertiary/aromatic N) is 1. The molecule has 2 amide bonds. The molecule has 0 aliphatic carbocycles. The highest BCUT2D eigenvalue weighted by atomic mass is 16.6. The van der Waals surface area contributed by atoms with Crippen LogP contribution in [0.1, 0.15) is 6.92 Å². The quantitative estimate of drug-likeness (QED) is 0.523. The molecule has 0 aromatic heterocycles. The van der Waals surface area contributed by atoms with Crippen LogP contribution in [0.3, 0.4) is 0 Å². The Hall–Kier alpha value is -1.51. The maximum atomic E-state index is 11.7. The van der Waals surface area contributed by atoms with Gasteiger partial charge in [0.2, 0.25) is 11.8 Å². The van der Waals surface area contributed by atoms with Gasteiger partial charge in [-0.2, -0.15) is 0 Å². The molecule has 0 saturated carbocycles. The lowest BCUT2D eigenvalue weighted by molar-refractivity contribution is -0.129. The predicted molar refractivity (Wildman–Crippen MR) is 72.6 cm³/mol. The monoisotopic (exact) mass is 299 g/mol. The summed E-state index contributed by atoms with van der Waals surface area (Å²) in [6.07, 6.45) is 0. The van der Waals surface area contributed by atoms with Crippen molar-refractivity contribution in [1.82, 2.24) is 15.5 Å². The lowest BCUT2D eigenvalue weighted by atomic mass is 10.1. The number of rotatable bonds is 7. The summed E-state index contributed by atoms with van der Waals surface area (Å²) in [6.45, 7) is 4.81. The molecule has 8 heteroatoms. The van der Waals surface area contributed by atoms with Crippen LogP contribution in [0, 0.1) is 0 Å². The number of hydrogen-bond donors (Lipinski definition) is 2. The Bertz CT molecular complexity index is 416. The Morgan fingerprint density at radius 2 is 1.71 bits per heavy atom. The van der Waals surface area contributed by atoms with Crippen LogP contribution < -0.4 is 10.6 Å². The summed E-state index contributed by atoms with van der Waals surface area (Å²) >= 11 is 0. The van der Waals surface area contributed by atoms with Gasteiger partial charge in [-0.05, 0) is 6.92 Å². The van der Waals surface area contributed by atoms with Crippen molar-refractivity contribution in [2.24, 2.45) is 0 Å². The minimum absolute atomic E-state index is 0.0747. The van der Waals surface area contributed by atoms with E-state index in [1.54, 1.807) is 6.92 Å². The summed E-state index contributed by atoms with van der Waals surface area (Å²) in [6, 6.07) is 0. The molecular formula is C13H21N3O5. The van der Waals surface area contributed by atoms with Crippen LogP contribution in [0.4, 0.5) is 0 Å². The van der Waals surface area contributed by atoms with E-state index in [4.69, 9.17) is 9.47 Å². The number of ether oxygens (including phenoxy) is 2. The average Bonchev–Trinajstić information content (AvgIpc) is 3.23. The predicted octanol–water partition coefficient (Wildman–Crippen LogP) is -2.09. The second-order valence-corrected chi connectivity index (χ2v) is 5.38. The van der Waals surface area contributed by atoms with Crippen molar-refractivity contribution in [3.8, 4) is 0 Å². The number of epoxide rings is 1. The van der Waals surface area contributed by atoms with Gasteiger partial charge in [-0.1, -0.05) is 0 Å². The van der Waals surface area contributed by atoms with Crippen molar-refractivity contribution >= 4 is 17.6 Å². The van der Waals surface area contributed by atoms with Crippen LogP contribution in [-0.2, 0) is 23.9 Å². The molecule has 2 N–H and O–H groups in total. The Morgan fingerprint density at radius 1 is 1.10 bits per heavy atom. The Labute approximate surface area is 123 Å². The van der Waals surface area contributed by atoms with Crippen LogP contribution >= 0.6 is 0 Å². The van der Waals surface area contributed by atoms with E-state index in [2.05, 4.69) is 10.6 Å². The summed E-state index contributed by atoms with van der Waals surface area (Å²) < 4.78 is 10.2.